The standard InChI is InChI=1S/C26H23N3O2S2/c1-4-28-25(30)24(33-26(28)32)14-21-13-17(2)29(18(21)3)22-9-11-23(12-10-22)31-16-20-8-6-5-7-19(20)15-27/h5-14H,4,16H2,1-3H3. The Labute approximate surface area is 203 Å². The molecule has 5 nitrogen and oxygen atoms in total. The van der Waals surface area contributed by atoms with Crippen molar-refractivity contribution in [3.8, 4) is 17.5 Å². The van der Waals surface area contributed by atoms with Crippen LogP contribution in [0.5, 0.6) is 5.75 Å². The van der Waals surface area contributed by atoms with Crippen molar-refractivity contribution in [1.29, 1.82) is 5.26 Å². The third kappa shape index (κ3) is 4.58. The van der Waals surface area contributed by atoms with Crippen molar-refractivity contribution >= 4 is 40.3 Å². The molecule has 1 saturated heterocycles. The number of thiocarbonyl (C=S) groups is 1. The predicted molar refractivity (Wildman–Crippen MR) is 136 cm³/mol. The number of thioether (sulfide) groups is 1. The van der Waals surface area contributed by atoms with Crippen LogP contribution in [-0.4, -0.2) is 26.2 Å². The number of ether oxygens (including phenoxy) is 1. The number of nitrogens with zero attached hydrogens (tertiary/aromatic N) is 3. The number of rotatable bonds is 6. The fraction of sp³-hybridized carbons (Fsp3) is 0.192. The summed E-state index contributed by atoms with van der Waals surface area (Å²) in [7, 11) is 0. The van der Waals surface area contributed by atoms with E-state index in [1.807, 2.05) is 69.3 Å². The smallest absolute Gasteiger partial charge is 0.266 e. The molecule has 166 valence electrons. The average molecular weight is 474 g/mol. The van der Waals surface area contributed by atoms with E-state index in [2.05, 4.69) is 16.7 Å². The first-order valence-electron chi connectivity index (χ1n) is 10.6. The van der Waals surface area contributed by atoms with Crippen LogP contribution in [0.25, 0.3) is 11.8 Å². The van der Waals surface area contributed by atoms with Crippen molar-refractivity contribution in [3.05, 3.63) is 87.6 Å². The Bertz CT molecular complexity index is 1300. The minimum atomic E-state index is -0.0308. The summed E-state index contributed by atoms with van der Waals surface area (Å²) < 4.78 is 8.66. The molecule has 0 N–H and O–H groups in total. The van der Waals surface area contributed by atoms with Crippen molar-refractivity contribution in [2.45, 2.75) is 27.4 Å². The lowest BCUT2D eigenvalue weighted by Crippen LogP contribution is -2.27. The van der Waals surface area contributed by atoms with Gasteiger partial charge < -0.3 is 9.30 Å². The van der Waals surface area contributed by atoms with E-state index in [4.69, 9.17) is 17.0 Å². The number of nitriles is 1. The first kappa shape index (κ1) is 22.8. The second-order valence-corrected chi connectivity index (χ2v) is 9.32. The number of likely N-dealkylation sites (N-methyl/N-ethyl adjacent to an activating group) is 1. The fourth-order valence-electron chi connectivity index (χ4n) is 3.85. The van der Waals surface area contributed by atoms with Crippen molar-refractivity contribution < 1.29 is 9.53 Å². The molecule has 0 saturated carbocycles. The van der Waals surface area contributed by atoms with Gasteiger partial charge in [-0.1, -0.05) is 42.2 Å². The largest absolute Gasteiger partial charge is 0.489 e. The van der Waals surface area contributed by atoms with Gasteiger partial charge in [-0.05, 0) is 68.8 Å². The van der Waals surface area contributed by atoms with Crippen LogP contribution in [0, 0.1) is 25.2 Å². The first-order valence-corrected chi connectivity index (χ1v) is 11.8. The maximum Gasteiger partial charge on any atom is 0.266 e. The molecule has 1 amide bonds. The average Bonchev–Trinajstić information content (AvgIpc) is 3.26. The molecule has 0 aliphatic carbocycles. The maximum atomic E-state index is 12.6. The van der Waals surface area contributed by atoms with Gasteiger partial charge in [0.15, 0.2) is 0 Å². The Hall–Kier alpha value is -3.34. The molecular weight excluding hydrogens is 450 g/mol. The summed E-state index contributed by atoms with van der Waals surface area (Å²) in [6, 6.07) is 19.6. The Kier molecular flexibility index (Phi) is 6.68. The summed E-state index contributed by atoms with van der Waals surface area (Å²) in [5.74, 6) is 0.703. The molecule has 0 radical (unpaired) electrons. The van der Waals surface area contributed by atoms with Crippen molar-refractivity contribution in [2.75, 3.05) is 6.54 Å². The van der Waals surface area contributed by atoms with Crippen LogP contribution in [0.2, 0.25) is 0 Å². The van der Waals surface area contributed by atoms with Gasteiger partial charge in [0, 0.05) is 29.2 Å². The van der Waals surface area contributed by atoms with Crippen LogP contribution >= 0.6 is 24.0 Å². The molecule has 1 aliphatic rings. The van der Waals surface area contributed by atoms with Crippen LogP contribution < -0.4 is 4.74 Å². The van der Waals surface area contributed by atoms with E-state index in [-0.39, 0.29) is 5.91 Å². The van der Waals surface area contributed by atoms with Gasteiger partial charge >= 0.3 is 0 Å². The lowest BCUT2D eigenvalue weighted by atomic mass is 10.1. The van der Waals surface area contributed by atoms with Gasteiger partial charge in [-0.15, -0.1) is 0 Å². The van der Waals surface area contributed by atoms with E-state index in [1.165, 1.54) is 11.8 Å². The van der Waals surface area contributed by atoms with Gasteiger partial charge in [-0.3, -0.25) is 9.69 Å². The van der Waals surface area contributed by atoms with E-state index in [0.29, 0.717) is 27.9 Å². The summed E-state index contributed by atoms with van der Waals surface area (Å²) in [4.78, 5) is 14.9. The number of hydrogen-bond acceptors (Lipinski definition) is 5. The van der Waals surface area contributed by atoms with Gasteiger partial charge in [-0.25, -0.2) is 0 Å². The van der Waals surface area contributed by atoms with Crippen LogP contribution in [0.1, 0.15) is 35.0 Å². The number of hydrogen-bond donors (Lipinski definition) is 0. The highest BCUT2D eigenvalue weighted by Crippen LogP contribution is 2.34. The normalized spacial score (nSPS) is 14.7. The van der Waals surface area contributed by atoms with Crippen LogP contribution in [0.15, 0.2) is 59.5 Å². The minimum absolute atomic E-state index is 0.0308. The highest BCUT2D eigenvalue weighted by Gasteiger charge is 2.30. The molecule has 0 bridgehead atoms. The Balaban J connectivity index is 1.54. The summed E-state index contributed by atoms with van der Waals surface area (Å²) in [6.45, 7) is 6.94. The molecule has 2 aromatic carbocycles. The second-order valence-electron chi connectivity index (χ2n) is 7.64. The molecule has 4 rings (SSSR count). The summed E-state index contributed by atoms with van der Waals surface area (Å²) in [5, 5.41) is 9.23. The first-order chi connectivity index (χ1) is 15.9. The maximum absolute atomic E-state index is 12.6. The Morgan fingerprint density at radius 1 is 1.15 bits per heavy atom. The van der Waals surface area contributed by atoms with Crippen LogP contribution in [0.4, 0.5) is 0 Å². The summed E-state index contributed by atoms with van der Waals surface area (Å²) >= 11 is 6.68. The van der Waals surface area contributed by atoms with E-state index in [9.17, 15) is 10.1 Å². The molecule has 1 fully saturated rings. The van der Waals surface area contributed by atoms with Gasteiger partial charge in [0.05, 0.1) is 16.5 Å². The van der Waals surface area contributed by atoms with Gasteiger partial charge in [0.25, 0.3) is 5.91 Å². The lowest BCUT2D eigenvalue weighted by molar-refractivity contribution is -0.121. The highest BCUT2D eigenvalue weighted by atomic mass is 32.2. The SMILES string of the molecule is CCN1C(=O)C(=Cc2cc(C)n(-c3ccc(OCc4ccccc4C#N)cc3)c2C)SC1=S. The number of carbonyl (C=O) groups excluding carboxylic acids is 1. The third-order valence-corrected chi connectivity index (χ3v) is 6.95. The number of carbonyl (C=O) groups is 1. The monoisotopic (exact) mass is 473 g/mol. The molecule has 2 heterocycles. The van der Waals surface area contributed by atoms with E-state index in [0.717, 1.165) is 34.0 Å². The van der Waals surface area contributed by atoms with Crippen LogP contribution in [0.3, 0.4) is 0 Å². The molecule has 0 atom stereocenters. The predicted octanol–water partition coefficient (Wildman–Crippen LogP) is 5.77. The van der Waals surface area contributed by atoms with Gasteiger partial charge in [0.2, 0.25) is 0 Å². The Morgan fingerprint density at radius 3 is 2.55 bits per heavy atom. The number of benzene rings is 2. The zero-order chi connectivity index (χ0) is 23.5. The zero-order valence-corrected chi connectivity index (χ0v) is 20.3. The Morgan fingerprint density at radius 2 is 1.88 bits per heavy atom. The topological polar surface area (TPSA) is 58.3 Å². The minimum Gasteiger partial charge on any atom is -0.489 e. The molecular formula is C26H23N3O2S2. The molecule has 0 spiro atoms. The summed E-state index contributed by atoms with van der Waals surface area (Å²) in [5.41, 5.74) is 5.61. The lowest BCUT2D eigenvalue weighted by Gasteiger charge is -2.12. The van der Waals surface area contributed by atoms with Crippen LogP contribution in [-0.2, 0) is 11.4 Å². The molecule has 7 heteroatoms. The zero-order valence-electron chi connectivity index (χ0n) is 18.7. The fourth-order valence-corrected chi connectivity index (χ4v) is 5.23. The number of amides is 1. The molecule has 33 heavy (non-hydrogen) atoms. The van der Waals surface area contributed by atoms with E-state index >= 15 is 0 Å². The molecule has 3 aromatic rings. The highest BCUT2D eigenvalue weighted by molar-refractivity contribution is 8.26. The van der Waals surface area contributed by atoms with Crippen molar-refractivity contribution in [1.82, 2.24) is 9.47 Å². The third-order valence-electron chi connectivity index (χ3n) is 5.57. The quantitative estimate of drug-likeness (QED) is 0.336. The molecule has 0 unspecified atom stereocenters. The number of aryl methyl sites for hydroxylation is 1. The number of aromatic nitrogens is 1. The summed E-state index contributed by atoms with van der Waals surface area (Å²) in [6.07, 6.45) is 1.93. The van der Waals surface area contributed by atoms with Crippen molar-refractivity contribution in [3.63, 3.8) is 0 Å². The van der Waals surface area contributed by atoms with E-state index in [1.54, 1.807) is 11.0 Å². The molecule has 1 aromatic heterocycles. The van der Waals surface area contributed by atoms with Gasteiger partial charge in [-0.2, -0.15) is 5.26 Å². The molecule has 1 aliphatic heterocycles. The van der Waals surface area contributed by atoms with Gasteiger partial charge in [0.1, 0.15) is 16.7 Å². The van der Waals surface area contributed by atoms with E-state index < -0.39 is 0 Å². The second kappa shape index (κ2) is 9.65. The van der Waals surface area contributed by atoms with Crippen molar-refractivity contribution in [2.24, 2.45) is 0 Å².